The SMILES string of the molecule is CC(C)Oc1ccc(-c2ccc(C(=O)O)c(=O)n2C)cc1. The fraction of sp³-hybridized carbons (Fsp3) is 0.250. The molecule has 0 unspecified atom stereocenters. The van der Waals surface area contributed by atoms with E-state index in [1.165, 1.54) is 10.6 Å². The summed E-state index contributed by atoms with van der Waals surface area (Å²) >= 11 is 0. The third kappa shape index (κ3) is 3.13. The zero-order chi connectivity index (χ0) is 15.6. The van der Waals surface area contributed by atoms with Gasteiger partial charge in [-0.15, -0.1) is 0 Å². The second-order valence-corrected chi connectivity index (χ2v) is 4.99. The molecular formula is C16H17NO4. The van der Waals surface area contributed by atoms with Gasteiger partial charge in [-0.3, -0.25) is 4.79 Å². The van der Waals surface area contributed by atoms with Crippen LogP contribution in [0.25, 0.3) is 11.3 Å². The van der Waals surface area contributed by atoms with E-state index in [-0.39, 0.29) is 11.7 Å². The molecule has 1 aromatic carbocycles. The van der Waals surface area contributed by atoms with E-state index in [4.69, 9.17) is 9.84 Å². The van der Waals surface area contributed by atoms with E-state index < -0.39 is 11.5 Å². The largest absolute Gasteiger partial charge is 0.491 e. The molecular weight excluding hydrogens is 270 g/mol. The predicted octanol–water partition coefficient (Wildman–Crippen LogP) is 2.54. The van der Waals surface area contributed by atoms with Gasteiger partial charge in [-0.1, -0.05) is 0 Å². The molecule has 5 nitrogen and oxygen atoms in total. The predicted molar refractivity (Wildman–Crippen MR) is 79.8 cm³/mol. The van der Waals surface area contributed by atoms with E-state index >= 15 is 0 Å². The van der Waals surface area contributed by atoms with Crippen LogP contribution in [0.5, 0.6) is 5.75 Å². The number of rotatable bonds is 4. The number of aromatic nitrogens is 1. The average molecular weight is 287 g/mol. The van der Waals surface area contributed by atoms with Crippen molar-refractivity contribution in [1.82, 2.24) is 4.57 Å². The zero-order valence-corrected chi connectivity index (χ0v) is 12.2. The molecule has 2 aromatic rings. The van der Waals surface area contributed by atoms with Gasteiger partial charge in [0.1, 0.15) is 11.3 Å². The first-order valence-corrected chi connectivity index (χ1v) is 6.60. The molecule has 2 rings (SSSR count). The lowest BCUT2D eigenvalue weighted by Gasteiger charge is -2.12. The van der Waals surface area contributed by atoms with Crippen LogP contribution in [0.15, 0.2) is 41.2 Å². The van der Waals surface area contributed by atoms with Gasteiger partial charge in [0.05, 0.1) is 11.8 Å². The van der Waals surface area contributed by atoms with Gasteiger partial charge in [0, 0.05) is 7.05 Å². The minimum atomic E-state index is -1.22. The van der Waals surface area contributed by atoms with Crippen molar-refractivity contribution in [3.05, 3.63) is 52.3 Å². The molecule has 1 aromatic heterocycles. The van der Waals surface area contributed by atoms with Gasteiger partial charge in [0.25, 0.3) is 5.56 Å². The quantitative estimate of drug-likeness (QED) is 0.938. The molecule has 0 radical (unpaired) electrons. The van der Waals surface area contributed by atoms with Crippen molar-refractivity contribution >= 4 is 5.97 Å². The summed E-state index contributed by atoms with van der Waals surface area (Å²) in [5, 5.41) is 8.94. The number of nitrogens with zero attached hydrogens (tertiary/aromatic N) is 1. The highest BCUT2D eigenvalue weighted by atomic mass is 16.5. The van der Waals surface area contributed by atoms with Crippen molar-refractivity contribution in [3.8, 4) is 17.0 Å². The first-order valence-electron chi connectivity index (χ1n) is 6.60. The normalized spacial score (nSPS) is 10.7. The Kier molecular flexibility index (Phi) is 4.12. The molecule has 0 atom stereocenters. The van der Waals surface area contributed by atoms with Gasteiger partial charge in [0.2, 0.25) is 0 Å². The number of carboxylic acids is 1. The second kappa shape index (κ2) is 5.83. The Balaban J connectivity index is 2.41. The zero-order valence-electron chi connectivity index (χ0n) is 12.2. The fourth-order valence-electron chi connectivity index (χ4n) is 2.06. The third-order valence-corrected chi connectivity index (χ3v) is 3.06. The highest BCUT2D eigenvalue weighted by Gasteiger charge is 2.12. The summed E-state index contributed by atoms with van der Waals surface area (Å²) in [6.07, 6.45) is 0.0926. The van der Waals surface area contributed by atoms with Crippen molar-refractivity contribution in [1.29, 1.82) is 0 Å². The molecule has 1 heterocycles. The molecule has 0 bridgehead atoms. The van der Waals surface area contributed by atoms with Crippen molar-refractivity contribution in [3.63, 3.8) is 0 Å². The van der Waals surface area contributed by atoms with Crippen LogP contribution in [0, 0.1) is 0 Å². The lowest BCUT2D eigenvalue weighted by atomic mass is 10.1. The molecule has 0 aliphatic rings. The highest BCUT2D eigenvalue weighted by molar-refractivity contribution is 5.87. The number of aromatic carboxylic acids is 1. The minimum Gasteiger partial charge on any atom is -0.491 e. The van der Waals surface area contributed by atoms with Gasteiger partial charge in [-0.25, -0.2) is 4.79 Å². The Labute approximate surface area is 122 Å². The molecule has 1 N–H and O–H groups in total. The molecule has 0 saturated carbocycles. The molecule has 5 heteroatoms. The maximum absolute atomic E-state index is 12.0. The number of ether oxygens (including phenoxy) is 1. The molecule has 110 valence electrons. The Bertz CT molecular complexity index is 714. The number of hydrogen-bond donors (Lipinski definition) is 1. The van der Waals surface area contributed by atoms with Crippen molar-refractivity contribution in [2.75, 3.05) is 0 Å². The van der Waals surface area contributed by atoms with Gasteiger partial charge in [0.15, 0.2) is 0 Å². The van der Waals surface area contributed by atoms with E-state index in [9.17, 15) is 9.59 Å². The van der Waals surface area contributed by atoms with Crippen LogP contribution in [0.4, 0.5) is 0 Å². The molecule has 0 aliphatic heterocycles. The maximum Gasteiger partial charge on any atom is 0.341 e. The average Bonchev–Trinajstić information content (AvgIpc) is 2.42. The summed E-state index contributed by atoms with van der Waals surface area (Å²) in [5.41, 5.74) is 0.715. The van der Waals surface area contributed by atoms with Gasteiger partial charge in [-0.05, 0) is 55.8 Å². The van der Waals surface area contributed by atoms with Crippen molar-refractivity contribution < 1.29 is 14.6 Å². The summed E-state index contributed by atoms with van der Waals surface area (Å²) in [5.74, 6) is -0.469. The van der Waals surface area contributed by atoms with E-state index in [0.29, 0.717) is 5.69 Å². The molecule has 0 saturated heterocycles. The van der Waals surface area contributed by atoms with Crippen LogP contribution in [-0.2, 0) is 7.05 Å². The summed E-state index contributed by atoms with van der Waals surface area (Å²) in [6, 6.07) is 10.3. The minimum absolute atomic E-state index is 0.0926. The number of pyridine rings is 1. The van der Waals surface area contributed by atoms with Gasteiger partial charge < -0.3 is 14.4 Å². The highest BCUT2D eigenvalue weighted by Crippen LogP contribution is 2.22. The number of carboxylic acid groups (broad SMARTS) is 1. The molecule has 21 heavy (non-hydrogen) atoms. The van der Waals surface area contributed by atoms with E-state index in [1.54, 1.807) is 13.1 Å². The van der Waals surface area contributed by atoms with Crippen molar-refractivity contribution in [2.45, 2.75) is 20.0 Å². The van der Waals surface area contributed by atoms with Crippen LogP contribution in [0.3, 0.4) is 0 Å². The topological polar surface area (TPSA) is 68.5 Å². The number of benzene rings is 1. The lowest BCUT2D eigenvalue weighted by molar-refractivity contribution is 0.0694. The van der Waals surface area contributed by atoms with E-state index in [1.807, 2.05) is 38.1 Å². The van der Waals surface area contributed by atoms with Crippen LogP contribution in [-0.4, -0.2) is 21.7 Å². The molecule has 0 amide bonds. The van der Waals surface area contributed by atoms with E-state index in [2.05, 4.69) is 0 Å². The summed E-state index contributed by atoms with van der Waals surface area (Å²) in [6.45, 7) is 3.89. The number of carbonyl (C=O) groups is 1. The van der Waals surface area contributed by atoms with Gasteiger partial charge >= 0.3 is 5.97 Å². The smallest absolute Gasteiger partial charge is 0.341 e. The first-order chi connectivity index (χ1) is 9.90. The molecule has 0 aliphatic carbocycles. The number of hydrogen-bond acceptors (Lipinski definition) is 3. The Morgan fingerprint density at radius 1 is 1.14 bits per heavy atom. The Hall–Kier alpha value is -2.56. The summed E-state index contributed by atoms with van der Waals surface area (Å²) in [4.78, 5) is 22.9. The molecule has 0 spiro atoms. The second-order valence-electron chi connectivity index (χ2n) is 4.99. The van der Waals surface area contributed by atoms with Crippen molar-refractivity contribution in [2.24, 2.45) is 7.05 Å². The van der Waals surface area contributed by atoms with Crippen LogP contribution >= 0.6 is 0 Å². The van der Waals surface area contributed by atoms with Crippen LogP contribution in [0.2, 0.25) is 0 Å². The fourth-order valence-corrected chi connectivity index (χ4v) is 2.06. The maximum atomic E-state index is 12.0. The van der Waals surface area contributed by atoms with Crippen LogP contribution < -0.4 is 10.3 Å². The first kappa shape index (κ1) is 14.8. The lowest BCUT2D eigenvalue weighted by Crippen LogP contribution is -2.25. The summed E-state index contributed by atoms with van der Waals surface area (Å²) in [7, 11) is 1.56. The standard InChI is InChI=1S/C16H17NO4/c1-10(2)21-12-6-4-11(5-7-12)14-9-8-13(16(19)20)15(18)17(14)3/h4-10H,1-3H3,(H,19,20). The van der Waals surface area contributed by atoms with Crippen LogP contribution in [0.1, 0.15) is 24.2 Å². The Morgan fingerprint density at radius 2 is 1.76 bits per heavy atom. The van der Waals surface area contributed by atoms with Gasteiger partial charge in [-0.2, -0.15) is 0 Å². The molecule has 0 fully saturated rings. The van der Waals surface area contributed by atoms with E-state index in [0.717, 1.165) is 11.3 Å². The third-order valence-electron chi connectivity index (χ3n) is 3.06. The summed E-state index contributed by atoms with van der Waals surface area (Å²) < 4.78 is 6.90. The Morgan fingerprint density at radius 3 is 2.29 bits per heavy atom. The monoisotopic (exact) mass is 287 g/mol.